The number of carbonyl (C=O) groups excluding carboxylic acids is 1. The summed E-state index contributed by atoms with van der Waals surface area (Å²) in [5, 5.41) is 10.9. The monoisotopic (exact) mass is 267 g/mol. The Hall–Kier alpha value is -1.39. The molecule has 0 radical (unpaired) electrons. The van der Waals surface area contributed by atoms with Gasteiger partial charge in [-0.3, -0.25) is 14.9 Å². The van der Waals surface area contributed by atoms with Gasteiger partial charge in [-0.1, -0.05) is 18.6 Å². The second-order valence-corrected chi connectivity index (χ2v) is 5.71. The molecule has 19 heavy (non-hydrogen) atoms. The van der Waals surface area contributed by atoms with Crippen molar-refractivity contribution in [2.45, 2.75) is 39.5 Å². The fourth-order valence-electron chi connectivity index (χ4n) is 3.73. The summed E-state index contributed by atoms with van der Waals surface area (Å²) in [7, 11) is 0. The molecule has 5 nitrogen and oxygen atoms in total. The fourth-order valence-corrected chi connectivity index (χ4v) is 3.73. The third kappa shape index (κ3) is 2.65. The van der Waals surface area contributed by atoms with E-state index in [-0.39, 0.29) is 29.8 Å². The van der Waals surface area contributed by atoms with Gasteiger partial charge in [-0.2, -0.15) is 0 Å². The van der Waals surface area contributed by atoms with Gasteiger partial charge in [0.25, 0.3) is 0 Å². The van der Waals surface area contributed by atoms with Crippen molar-refractivity contribution in [2.75, 3.05) is 13.2 Å². The van der Waals surface area contributed by atoms with E-state index >= 15 is 0 Å². The average Bonchev–Trinajstić information content (AvgIpc) is 2.66. The van der Waals surface area contributed by atoms with Crippen molar-refractivity contribution >= 4 is 5.97 Å². The van der Waals surface area contributed by atoms with Gasteiger partial charge in [-0.05, 0) is 38.0 Å². The molecule has 0 spiro atoms. The lowest BCUT2D eigenvalue weighted by molar-refractivity contribution is -0.505. The van der Waals surface area contributed by atoms with Crippen LogP contribution in [0.15, 0.2) is 11.6 Å². The highest BCUT2D eigenvalue weighted by molar-refractivity contribution is 5.70. The molecule has 0 aromatic rings. The number of ether oxygens (including phenoxy) is 1. The maximum atomic E-state index is 11.7. The number of nitro groups is 1. The first-order valence-corrected chi connectivity index (χ1v) is 6.97. The highest BCUT2D eigenvalue weighted by atomic mass is 16.6. The molecule has 3 atom stereocenters. The minimum absolute atomic E-state index is 0.125. The smallest absolute Gasteiger partial charge is 0.306 e. The summed E-state index contributed by atoms with van der Waals surface area (Å²) in [5.41, 5.74) is 0.876. The number of esters is 1. The number of hydrogen-bond acceptors (Lipinski definition) is 4. The van der Waals surface area contributed by atoms with E-state index in [9.17, 15) is 14.9 Å². The quantitative estimate of drug-likeness (QED) is 0.321. The van der Waals surface area contributed by atoms with Crippen LogP contribution in [0.4, 0.5) is 0 Å². The van der Waals surface area contributed by atoms with Crippen molar-refractivity contribution in [3.63, 3.8) is 0 Å². The summed E-state index contributed by atoms with van der Waals surface area (Å²) in [5.74, 6) is 0.391. The Labute approximate surface area is 113 Å². The largest absolute Gasteiger partial charge is 0.466 e. The first kappa shape index (κ1) is 14.0. The minimum Gasteiger partial charge on any atom is -0.466 e. The third-order valence-corrected chi connectivity index (χ3v) is 4.52. The maximum Gasteiger partial charge on any atom is 0.306 e. The van der Waals surface area contributed by atoms with Gasteiger partial charge in [0.15, 0.2) is 0 Å². The van der Waals surface area contributed by atoms with Gasteiger partial charge in [0.05, 0.1) is 18.4 Å². The van der Waals surface area contributed by atoms with Crippen LogP contribution in [0, 0.1) is 27.4 Å². The molecule has 0 aliphatic heterocycles. The van der Waals surface area contributed by atoms with Crippen LogP contribution in [0.3, 0.4) is 0 Å². The van der Waals surface area contributed by atoms with E-state index < -0.39 is 5.41 Å². The highest BCUT2D eigenvalue weighted by Crippen LogP contribution is 2.60. The standard InChI is InChI=1S/C14H21NO4/c1-3-10-5-11-7-14(9-15(17)18,12(11)6-10)8-13(16)19-4-2/h6,11-12H,3-5,7-9H2,1-2H3/t11-,12-,14-/m1/s1. The van der Waals surface area contributed by atoms with E-state index in [4.69, 9.17) is 4.74 Å². The lowest BCUT2D eigenvalue weighted by Gasteiger charge is -2.49. The van der Waals surface area contributed by atoms with Crippen LogP contribution in [0.1, 0.15) is 39.5 Å². The van der Waals surface area contributed by atoms with E-state index in [0.717, 1.165) is 19.3 Å². The van der Waals surface area contributed by atoms with Crippen molar-refractivity contribution in [1.29, 1.82) is 0 Å². The Balaban J connectivity index is 2.12. The average molecular weight is 267 g/mol. The zero-order chi connectivity index (χ0) is 14.0. The Kier molecular flexibility index (Phi) is 3.92. The number of fused-ring (bicyclic) bond motifs is 1. The van der Waals surface area contributed by atoms with Crippen molar-refractivity contribution in [2.24, 2.45) is 17.3 Å². The molecule has 1 fully saturated rings. The summed E-state index contributed by atoms with van der Waals surface area (Å²) >= 11 is 0. The van der Waals surface area contributed by atoms with E-state index in [1.54, 1.807) is 6.92 Å². The molecule has 0 N–H and O–H groups in total. The lowest BCUT2D eigenvalue weighted by Crippen LogP contribution is -2.51. The summed E-state index contributed by atoms with van der Waals surface area (Å²) in [4.78, 5) is 22.3. The van der Waals surface area contributed by atoms with E-state index in [1.165, 1.54) is 5.57 Å². The molecule has 0 aromatic carbocycles. The van der Waals surface area contributed by atoms with Gasteiger partial charge in [-0.15, -0.1) is 0 Å². The van der Waals surface area contributed by atoms with Gasteiger partial charge in [-0.25, -0.2) is 0 Å². The molecular weight excluding hydrogens is 246 g/mol. The first-order valence-electron chi connectivity index (χ1n) is 6.97. The Morgan fingerprint density at radius 2 is 2.32 bits per heavy atom. The molecule has 1 saturated carbocycles. The van der Waals surface area contributed by atoms with Gasteiger partial charge in [0, 0.05) is 4.92 Å². The van der Waals surface area contributed by atoms with Crippen LogP contribution in [-0.2, 0) is 9.53 Å². The second-order valence-electron chi connectivity index (χ2n) is 5.71. The van der Waals surface area contributed by atoms with Crippen LogP contribution < -0.4 is 0 Å². The topological polar surface area (TPSA) is 69.4 Å². The molecular formula is C14H21NO4. The molecule has 0 aromatic heterocycles. The van der Waals surface area contributed by atoms with E-state index in [2.05, 4.69) is 13.0 Å². The molecule has 0 bridgehead atoms. The van der Waals surface area contributed by atoms with Gasteiger partial charge in [0.2, 0.25) is 6.54 Å². The normalized spacial score (nSPS) is 32.2. The SMILES string of the molecule is CCOC(=O)C[C@@]1(C[N+](=O)[O-])C[C@H]2CC(CC)=C[C@H]21. The Morgan fingerprint density at radius 3 is 2.89 bits per heavy atom. The van der Waals surface area contributed by atoms with Crippen LogP contribution in [0.5, 0.6) is 0 Å². The molecule has 2 aliphatic rings. The van der Waals surface area contributed by atoms with Crippen LogP contribution >= 0.6 is 0 Å². The number of rotatable bonds is 6. The van der Waals surface area contributed by atoms with Crippen molar-refractivity contribution in [1.82, 2.24) is 0 Å². The fraction of sp³-hybridized carbons (Fsp3) is 0.786. The first-order chi connectivity index (χ1) is 9.00. The van der Waals surface area contributed by atoms with Crippen LogP contribution in [0.2, 0.25) is 0 Å². The summed E-state index contributed by atoms with van der Waals surface area (Å²) in [6, 6.07) is 0. The molecule has 0 heterocycles. The maximum absolute atomic E-state index is 11.7. The van der Waals surface area contributed by atoms with Gasteiger partial charge in [0.1, 0.15) is 0 Å². The molecule has 0 unspecified atom stereocenters. The Morgan fingerprint density at radius 1 is 1.58 bits per heavy atom. The number of nitrogens with zero attached hydrogens (tertiary/aromatic N) is 1. The highest BCUT2D eigenvalue weighted by Gasteiger charge is 2.58. The molecule has 0 saturated heterocycles. The molecule has 2 aliphatic carbocycles. The number of hydrogen-bond donors (Lipinski definition) is 0. The van der Waals surface area contributed by atoms with E-state index in [0.29, 0.717) is 12.5 Å². The summed E-state index contributed by atoms with van der Waals surface area (Å²) in [6.45, 7) is 4.07. The molecule has 2 rings (SSSR count). The minimum atomic E-state index is -0.503. The van der Waals surface area contributed by atoms with Gasteiger partial charge < -0.3 is 4.74 Å². The molecule has 5 heteroatoms. The summed E-state index contributed by atoms with van der Waals surface area (Å²) in [6.07, 6.45) is 5.18. The van der Waals surface area contributed by atoms with E-state index in [1.807, 2.05) is 0 Å². The zero-order valence-corrected chi connectivity index (χ0v) is 11.6. The molecule has 0 amide bonds. The predicted octanol–water partition coefficient (Wildman–Crippen LogP) is 2.58. The van der Waals surface area contributed by atoms with Crippen molar-refractivity contribution in [3.8, 4) is 0 Å². The number of allylic oxidation sites excluding steroid dienone is 2. The lowest BCUT2D eigenvalue weighted by atomic mass is 9.53. The number of carbonyl (C=O) groups is 1. The van der Waals surface area contributed by atoms with Crippen molar-refractivity contribution in [3.05, 3.63) is 21.8 Å². The van der Waals surface area contributed by atoms with Crippen molar-refractivity contribution < 1.29 is 14.5 Å². The van der Waals surface area contributed by atoms with Crippen LogP contribution in [-0.4, -0.2) is 24.0 Å². The third-order valence-electron chi connectivity index (χ3n) is 4.52. The predicted molar refractivity (Wildman–Crippen MR) is 70.1 cm³/mol. The zero-order valence-electron chi connectivity index (χ0n) is 11.6. The van der Waals surface area contributed by atoms with Crippen LogP contribution in [0.25, 0.3) is 0 Å². The second kappa shape index (κ2) is 5.31. The summed E-state index contributed by atoms with van der Waals surface area (Å²) < 4.78 is 4.97. The molecule has 106 valence electrons. The van der Waals surface area contributed by atoms with Gasteiger partial charge >= 0.3 is 5.97 Å². The Bertz CT molecular complexity index is 418.